The van der Waals surface area contributed by atoms with Gasteiger partial charge in [0.15, 0.2) is 5.76 Å². The summed E-state index contributed by atoms with van der Waals surface area (Å²) in [5, 5.41) is 7.93. The summed E-state index contributed by atoms with van der Waals surface area (Å²) in [5.74, 6) is 0.223. The van der Waals surface area contributed by atoms with Gasteiger partial charge in [0.05, 0.1) is 22.5 Å². The second-order valence-corrected chi connectivity index (χ2v) is 9.47. The maximum absolute atomic E-state index is 13.4. The van der Waals surface area contributed by atoms with Gasteiger partial charge in [0.1, 0.15) is 5.76 Å². The number of hydrazone groups is 1. The van der Waals surface area contributed by atoms with E-state index < -0.39 is 0 Å². The van der Waals surface area contributed by atoms with Crippen molar-refractivity contribution in [2.45, 2.75) is 27.7 Å². The number of hydrogen-bond acceptors (Lipinski definition) is 5. The fourth-order valence-electron chi connectivity index (χ4n) is 4.34. The molecule has 0 radical (unpaired) electrons. The minimum Gasteiger partial charge on any atom is -0.456 e. The Hall–Kier alpha value is -5.04. The van der Waals surface area contributed by atoms with E-state index >= 15 is 0 Å². The number of aromatic nitrogens is 1. The molecule has 2 heterocycles. The number of carbonyl (C=O) groups excluding carboxylic acids is 2. The predicted molar refractivity (Wildman–Crippen MR) is 154 cm³/mol. The van der Waals surface area contributed by atoms with Gasteiger partial charge in [-0.15, -0.1) is 0 Å². The largest absolute Gasteiger partial charge is 0.456 e. The highest BCUT2D eigenvalue weighted by Gasteiger charge is 2.15. The van der Waals surface area contributed by atoms with Gasteiger partial charge in [-0.2, -0.15) is 5.10 Å². The molecule has 0 aliphatic carbocycles. The molecule has 0 aliphatic rings. The van der Waals surface area contributed by atoms with E-state index in [1.165, 1.54) is 0 Å². The van der Waals surface area contributed by atoms with Crippen LogP contribution in [-0.2, 0) is 0 Å². The lowest BCUT2D eigenvalue weighted by Gasteiger charge is -2.12. The first kappa shape index (κ1) is 25.6. The number of aryl methyl sites for hydroxylation is 3. The van der Waals surface area contributed by atoms with Gasteiger partial charge in [-0.05, 0) is 81.3 Å². The lowest BCUT2D eigenvalue weighted by Crippen LogP contribution is -2.20. The second kappa shape index (κ2) is 10.8. The SMILES string of the molecule is C/C(=N\NC(=O)c1cc(-c2cc(C)ccc2C)nc2ccccc12)c1cccc(NC(=O)c2ccc(C)o2)c1. The number of para-hydroxylation sites is 1. The van der Waals surface area contributed by atoms with Gasteiger partial charge in [-0.1, -0.05) is 48.0 Å². The Kier molecular flexibility index (Phi) is 7.06. The van der Waals surface area contributed by atoms with Crippen molar-refractivity contribution in [3.8, 4) is 11.3 Å². The highest BCUT2D eigenvalue weighted by molar-refractivity contribution is 6.08. The molecule has 2 aromatic heterocycles. The molecule has 0 aliphatic heterocycles. The number of anilines is 1. The van der Waals surface area contributed by atoms with Gasteiger partial charge in [-0.3, -0.25) is 9.59 Å². The van der Waals surface area contributed by atoms with E-state index in [4.69, 9.17) is 9.40 Å². The number of benzene rings is 3. The minimum atomic E-state index is -0.340. The summed E-state index contributed by atoms with van der Waals surface area (Å²) in [6.45, 7) is 7.65. The maximum Gasteiger partial charge on any atom is 0.291 e. The number of nitrogens with one attached hydrogen (secondary N) is 2. The molecular weight excluding hydrogens is 488 g/mol. The minimum absolute atomic E-state index is 0.236. The number of pyridine rings is 1. The van der Waals surface area contributed by atoms with Crippen molar-refractivity contribution in [2.24, 2.45) is 5.10 Å². The van der Waals surface area contributed by atoms with Crippen LogP contribution in [0.2, 0.25) is 0 Å². The molecule has 0 atom stereocenters. The highest BCUT2D eigenvalue weighted by atomic mass is 16.3. The van der Waals surface area contributed by atoms with Gasteiger partial charge in [0.2, 0.25) is 0 Å². The van der Waals surface area contributed by atoms with E-state index in [1.54, 1.807) is 38.1 Å². The fraction of sp³-hybridized carbons (Fsp3) is 0.125. The molecule has 7 nitrogen and oxygen atoms in total. The van der Waals surface area contributed by atoms with Crippen LogP contribution in [0.5, 0.6) is 0 Å². The molecule has 3 aromatic carbocycles. The lowest BCUT2D eigenvalue weighted by molar-refractivity contribution is 0.0955. The molecule has 194 valence electrons. The van der Waals surface area contributed by atoms with Crippen molar-refractivity contribution in [3.63, 3.8) is 0 Å². The zero-order valence-electron chi connectivity index (χ0n) is 22.2. The Labute approximate surface area is 226 Å². The normalized spacial score (nSPS) is 11.4. The van der Waals surface area contributed by atoms with E-state index in [-0.39, 0.29) is 17.6 Å². The van der Waals surface area contributed by atoms with Gasteiger partial charge in [-0.25, -0.2) is 10.4 Å². The van der Waals surface area contributed by atoms with Crippen LogP contribution in [0, 0.1) is 20.8 Å². The molecular formula is C32H28N4O3. The number of nitrogens with zero attached hydrogens (tertiary/aromatic N) is 2. The third-order valence-corrected chi connectivity index (χ3v) is 6.46. The number of amides is 2. The van der Waals surface area contributed by atoms with E-state index in [1.807, 2.05) is 56.3 Å². The summed E-state index contributed by atoms with van der Waals surface area (Å²) < 4.78 is 5.39. The quantitative estimate of drug-likeness (QED) is 0.191. The zero-order chi connectivity index (χ0) is 27.5. The topological polar surface area (TPSA) is 96.6 Å². The van der Waals surface area contributed by atoms with Gasteiger partial charge >= 0.3 is 0 Å². The Morgan fingerprint density at radius 1 is 0.846 bits per heavy atom. The van der Waals surface area contributed by atoms with E-state index in [2.05, 4.69) is 34.0 Å². The van der Waals surface area contributed by atoms with Crippen LogP contribution >= 0.6 is 0 Å². The molecule has 0 spiro atoms. The molecule has 5 aromatic rings. The second-order valence-electron chi connectivity index (χ2n) is 9.47. The van der Waals surface area contributed by atoms with E-state index in [9.17, 15) is 9.59 Å². The Morgan fingerprint density at radius 3 is 2.46 bits per heavy atom. The van der Waals surface area contributed by atoms with Crippen molar-refractivity contribution in [1.82, 2.24) is 10.4 Å². The molecule has 0 saturated heterocycles. The Bertz CT molecular complexity index is 1750. The van der Waals surface area contributed by atoms with E-state index in [0.717, 1.165) is 38.9 Å². The number of hydrogen-bond donors (Lipinski definition) is 2. The lowest BCUT2D eigenvalue weighted by atomic mass is 9.99. The molecule has 0 unspecified atom stereocenters. The van der Waals surface area contributed by atoms with Crippen molar-refractivity contribution in [3.05, 3.63) is 119 Å². The maximum atomic E-state index is 13.4. The van der Waals surface area contributed by atoms with Gasteiger partial charge < -0.3 is 9.73 Å². The predicted octanol–water partition coefficient (Wildman–Crippen LogP) is 6.83. The summed E-state index contributed by atoms with van der Waals surface area (Å²) in [4.78, 5) is 30.7. The van der Waals surface area contributed by atoms with Crippen molar-refractivity contribution in [2.75, 3.05) is 5.32 Å². The monoisotopic (exact) mass is 516 g/mol. The first-order valence-electron chi connectivity index (χ1n) is 12.6. The van der Waals surface area contributed by atoms with Gasteiger partial charge in [0, 0.05) is 16.6 Å². The van der Waals surface area contributed by atoms with Crippen LogP contribution < -0.4 is 10.7 Å². The van der Waals surface area contributed by atoms with Crippen molar-refractivity contribution in [1.29, 1.82) is 0 Å². The van der Waals surface area contributed by atoms with Crippen molar-refractivity contribution < 1.29 is 14.0 Å². The van der Waals surface area contributed by atoms with Gasteiger partial charge in [0.25, 0.3) is 11.8 Å². The Balaban J connectivity index is 1.40. The highest BCUT2D eigenvalue weighted by Crippen LogP contribution is 2.28. The summed E-state index contributed by atoms with van der Waals surface area (Å²) in [6, 6.07) is 26.2. The molecule has 2 N–H and O–H groups in total. The molecule has 2 amide bonds. The van der Waals surface area contributed by atoms with Crippen molar-refractivity contribution >= 4 is 34.1 Å². The molecule has 7 heteroatoms. The molecule has 39 heavy (non-hydrogen) atoms. The smallest absolute Gasteiger partial charge is 0.291 e. The summed E-state index contributed by atoms with van der Waals surface area (Å²) in [5.41, 5.74) is 9.76. The zero-order valence-corrected chi connectivity index (χ0v) is 22.2. The average molecular weight is 517 g/mol. The number of furan rings is 1. The van der Waals surface area contributed by atoms with Crippen LogP contribution in [0.3, 0.4) is 0 Å². The third kappa shape index (κ3) is 5.62. The van der Waals surface area contributed by atoms with Crippen LogP contribution in [-0.4, -0.2) is 22.5 Å². The van der Waals surface area contributed by atoms with Crippen LogP contribution in [0.4, 0.5) is 5.69 Å². The number of fused-ring (bicyclic) bond motifs is 1. The molecule has 5 rings (SSSR count). The molecule has 0 fully saturated rings. The first-order chi connectivity index (χ1) is 18.8. The number of carbonyl (C=O) groups is 2. The Morgan fingerprint density at radius 2 is 1.67 bits per heavy atom. The van der Waals surface area contributed by atoms with Crippen LogP contribution in [0.15, 0.2) is 94.4 Å². The summed E-state index contributed by atoms with van der Waals surface area (Å²) >= 11 is 0. The first-order valence-corrected chi connectivity index (χ1v) is 12.6. The van der Waals surface area contributed by atoms with Crippen LogP contribution in [0.1, 0.15) is 50.3 Å². The standard InChI is InChI=1S/C32H28N4O3/c1-19-12-13-20(2)26(16-19)29-18-27(25-10-5-6-11-28(25)34-29)31(37)36-35-22(4)23-8-7-9-24(17-23)33-32(38)30-15-14-21(3)39-30/h5-18H,1-4H3,(H,33,38)(H,36,37)/b35-22+. The average Bonchev–Trinajstić information content (AvgIpc) is 3.38. The fourth-order valence-corrected chi connectivity index (χ4v) is 4.34. The third-order valence-electron chi connectivity index (χ3n) is 6.46. The molecule has 0 bridgehead atoms. The summed E-state index contributed by atoms with van der Waals surface area (Å²) in [7, 11) is 0. The number of rotatable bonds is 6. The molecule has 0 saturated carbocycles. The van der Waals surface area contributed by atoms with E-state index in [0.29, 0.717) is 22.7 Å². The van der Waals surface area contributed by atoms with Crippen LogP contribution in [0.25, 0.3) is 22.2 Å². The summed E-state index contributed by atoms with van der Waals surface area (Å²) in [6.07, 6.45) is 0.